The summed E-state index contributed by atoms with van der Waals surface area (Å²) in [6, 6.07) is 5.08. The Morgan fingerprint density at radius 1 is 1.25 bits per heavy atom. The Balaban J connectivity index is 1.77. The third-order valence-corrected chi connectivity index (χ3v) is 4.35. The van der Waals surface area contributed by atoms with Crippen LogP contribution in [0.15, 0.2) is 41.3 Å². The number of alkyl halides is 3. The van der Waals surface area contributed by atoms with Gasteiger partial charge < -0.3 is 9.73 Å². The van der Waals surface area contributed by atoms with E-state index in [2.05, 4.69) is 15.1 Å². The number of nitrogens with one attached hydrogen (secondary N) is 1. The molecule has 0 saturated heterocycles. The lowest BCUT2D eigenvalue weighted by Gasteiger charge is -2.16. The van der Waals surface area contributed by atoms with Crippen molar-refractivity contribution in [2.75, 3.05) is 0 Å². The van der Waals surface area contributed by atoms with Gasteiger partial charge in [0.2, 0.25) is 0 Å². The molecule has 10 heteroatoms. The van der Waals surface area contributed by atoms with Gasteiger partial charge >= 0.3 is 6.18 Å². The molecule has 0 aliphatic carbocycles. The van der Waals surface area contributed by atoms with Crippen LogP contribution in [0, 0.1) is 6.92 Å². The van der Waals surface area contributed by atoms with Crippen LogP contribution in [0.5, 0.6) is 0 Å². The Morgan fingerprint density at radius 3 is 2.79 bits per heavy atom. The molecule has 0 radical (unpaired) electrons. The minimum Gasteiger partial charge on any atom is -0.443 e. The van der Waals surface area contributed by atoms with Gasteiger partial charge in [-0.05, 0) is 43.7 Å². The summed E-state index contributed by atoms with van der Waals surface area (Å²) in [6.45, 7) is 2.65. The molecular formula is C18H14F3N5O2. The number of hydrogen-bond acceptors (Lipinski definition) is 5. The number of nitrogens with zero attached hydrogens (tertiary/aromatic N) is 4. The quantitative estimate of drug-likeness (QED) is 0.579. The summed E-state index contributed by atoms with van der Waals surface area (Å²) >= 11 is 0. The number of aryl methyl sites for hydroxylation is 1. The lowest BCUT2D eigenvalue weighted by Crippen LogP contribution is -2.43. The maximum Gasteiger partial charge on any atom is 0.408 e. The number of aromatic nitrogens is 4. The molecule has 4 rings (SSSR count). The fraction of sp³-hybridized carbons (Fsp3) is 0.222. The third kappa shape index (κ3) is 3.06. The smallest absolute Gasteiger partial charge is 0.408 e. The van der Waals surface area contributed by atoms with E-state index >= 15 is 0 Å². The zero-order valence-electron chi connectivity index (χ0n) is 14.8. The summed E-state index contributed by atoms with van der Waals surface area (Å²) in [5.41, 5.74) is 3.51. The van der Waals surface area contributed by atoms with E-state index in [1.54, 1.807) is 31.2 Å². The van der Waals surface area contributed by atoms with Gasteiger partial charge in [0.25, 0.3) is 5.91 Å². The normalized spacial score (nSPS) is 13.2. The second-order valence-corrected chi connectivity index (χ2v) is 6.36. The first-order valence-corrected chi connectivity index (χ1v) is 8.30. The molecule has 7 nitrogen and oxygen atoms in total. The number of fused-ring (bicyclic) bond motifs is 2. The SMILES string of the molecule is Cc1cc(-c2ccc3ocnc3c2)nn2c(C(=O)NC(C)C(F)(F)F)cnc12. The summed E-state index contributed by atoms with van der Waals surface area (Å²) in [5, 5.41) is 6.33. The van der Waals surface area contributed by atoms with Gasteiger partial charge in [0.15, 0.2) is 23.3 Å². The average Bonchev–Trinajstić information content (AvgIpc) is 3.26. The Kier molecular flexibility index (Phi) is 4.06. The van der Waals surface area contributed by atoms with Crippen molar-refractivity contribution in [3.8, 4) is 11.3 Å². The van der Waals surface area contributed by atoms with Crippen molar-refractivity contribution in [3.05, 3.63) is 48.1 Å². The van der Waals surface area contributed by atoms with Crippen molar-refractivity contribution in [1.29, 1.82) is 0 Å². The highest BCUT2D eigenvalue weighted by Crippen LogP contribution is 2.25. The fourth-order valence-corrected chi connectivity index (χ4v) is 2.79. The van der Waals surface area contributed by atoms with E-state index in [0.29, 0.717) is 28.0 Å². The first-order chi connectivity index (χ1) is 13.2. The number of oxazole rings is 1. The molecule has 0 saturated carbocycles. The van der Waals surface area contributed by atoms with Crippen molar-refractivity contribution in [2.45, 2.75) is 26.1 Å². The number of halogens is 3. The molecule has 0 spiro atoms. The van der Waals surface area contributed by atoms with Crippen LogP contribution >= 0.6 is 0 Å². The summed E-state index contributed by atoms with van der Waals surface area (Å²) in [7, 11) is 0. The molecule has 0 bridgehead atoms. The highest BCUT2D eigenvalue weighted by Gasteiger charge is 2.37. The lowest BCUT2D eigenvalue weighted by molar-refractivity contribution is -0.149. The third-order valence-electron chi connectivity index (χ3n) is 4.35. The van der Waals surface area contributed by atoms with Crippen LogP contribution in [-0.2, 0) is 0 Å². The van der Waals surface area contributed by atoms with Crippen molar-refractivity contribution in [3.63, 3.8) is 0 Å². The first-order valence-electron chi connectivity index (χ1n) is 8.30. The molecule has 0 aliphatic heterocycles. The summed E-state index contributed by atoms with van der Waals surface area (Å²) < 4.78 is 44.7. The maximum atomic E-state index is 12.7. The molecule has 1 amide bonds. The van der Waals surface area contributed by atoms with Crippen molar-refractivity contribution >= 4 is 22.7 Å². The molecule has 1 aromatic carbocycles. The van der Waals surface area contributed by atoms with Gasteiger partial charge in [-0.15, -0.1) is 0 Å². The Hall–Kier alpha value is -3.43. The fourth-order valence-electron chi connectivity index (χ4n) is 2.79. The zero-order valence-corrected chi connectivity index (χ0v) is 14.8. The van der Waals surface area contributed by atoms with Crippen LogP contribution in [0.1, 0.15) is 23.0 Å². The highest BCUT2D eigenvalue weighted by molar-refractivity contribution is 5.93. The van der Waals surface area contributed by atoms with Crippen LogP contribution < -0.4 is 5.32 Å². The minimum atomic E-state index is -4.54. The number of imidazole rings is 1. The van der Waals surface area contributed by atoms with Crippen molar-refractivity contribution in [2.24, 2.45) is 0 Å². The van der Waals surface area contributed by atoms with E-state index < -0.39 is 18.1 Å². The van der Waals surface area contributed by atoms with Crippen molar-refractivity contribution < 1.29 is 22.4 Å². The van der Waals surface area contributed by atoms with Crippen LogP contribution in [0.25, 0.3) is 28.0 Å². The van der Waals surface area contributed by atoms with Gasteiger partial charge in [-0.2, -0.15) is 18.3 Å². The van der Waals surface area contributed by atoms with Crippen molar-refractivity contribution in [1.82, 2.24) is 24.9 Å². The predicted octanol–water partition coefficient (Wildman–Crippen LogP) is 3.53. The lowest BCUT2D eigenvalue weighted by atomic mass is 10.1. The number of carbonyl (C=O) groups is 1. The van der Waals surface area contributed by atoms with Crippen LogP contribution in [-0.4, -0.2) is 37.7 Å². The van der Waals surface area contributed by atoms with Gasteiger partial charge in [0.1, 0.15) is 11.6 Å². The predicted molar refractivity (Wildman–Crippen MR) is 93.7 cm³/mol. The van der Waals surface area contributed by atoms with E-state index in [9.17, 15) is 18.0 Å². The summed E-state index contributed by atoms with van der Waals surface area (Å²) in [6.07, 6.45) is -2.01. The monoisotopic (exact) mass is 389 g/mol. The van der Waals surface area contributed by atoms with Crippen LogP contribution in [0.4, 0.5) is 13.2 Å². The van der Waals surface area contributed by atoms with Crippen LogP contribution in [0.3, 0.4) is 0 Å². The maximum absolute atomic E-state index is 12.7. The van der Waals surface area contributed by atoms with Gasteiger partial charge in [0.05, 0.1) is 11.9 Å². The van der Waals surface area contributed by atoms with E-state index in [1.165, 1.54) is 17.1 Å². The Bertz CT molecular complexity index is 1200. The molecule has 3 heterocycles. The summed E-state index contributed by atoms with van der Waals surface area (Å²) in [5.74, 6) is -0.909. The number of rotatable bonds is 3. The first kappa shape index (κ1) is 18.0. The average molecular weight is 389 g/mol. The summed E-state index contributed by atoms with van der Waals surface area (Å²) in [4.78, 5) is 20.6. The van der Waals surface area contributed by atoms with E-state index in [-0.39, 0.29) is 5.69 Å². The highest BCUT2D eigenvalue weighted by atomic mass is 19.4. The second kappa shape index (κ2) is 6.32. The second-order valence-electron chi connectivity index (χ2n) is 6.36. The minimum absolute atomic E-state index is 0.0847. The molecule has 1 N–H and O–H groups in total. The molecule has 1 atom stereocenters. The topological polar surface area (TPSA) is 85.3 Å². The Labute approximate surface area is 156 Å². The molecule has 0 fully saturated rings. The number of benzene rings is 1. The van der Waals surface area contributed by atoms with Crippen LogP contribution in [0.2, 0.25) is 0 Å². The molecule has 144 valence electrons. The molecular weight excluding hydrogens is 375 g/mol. The molecule has 0 aliphatic rings. The van der Waals surface area contributed by atoms with Gasteiger partial charge in [-0.1, -0.05) is 0 Å². The standard InChI is InChI=1S/C18H14F3N5O2/c1-9-5-12(11-3-4-15-13(6-11)23-8-28-15)25-26-14(7-22-16(9)26)17(27)24-10(2)18(19,20)21/h3-8,10H,1-2H3,(H,24,27). The largest absolute Gasteiger partial charge is 0.443 e. The Morgan fingerprint density at radius 2 is 2.04 bits per heavy atom. The van der Waals surface area contributed by atoms with E-state index in [1.807, 2.05) is 5.32 Å². The van der Waals surface area contributed by atoms with Gasteiger partial charge in [-0.25, -0.2) is 14.5 Å². The van der Waals surface area contributed by atoms with Gasteiger partial charge in [0, 0.05) is 5.56 Å². The molecule has 3 aromatic heterocycles. The van der Waals surface area contributed by atoms with E-state index in [0.717, 1.165) is 12.5 Å². The number of carbonyl (C=O) groups excluding carboxylic acids is 1. The number of hydrogen-bond donors (Lipinski definition) is 1. The molecule has 1 unspecified atom stereocenters. The zero-order chi connectivity index (χ0) is 20.1. The van der Waals surface area contributed by atoms with Gasteiger partial charge in [-0.3, -0.25) is 4.79 Å². The molecule has 4 aromatic rings. The van der Waals surface area contributed by atoms with E-state index in [4.69, 9.17) is 4.42 Å². The number of amides is 1. The molecule has 28 heavy (non-hydrogen) atoms.